The molecule has 1 rings (SSSR count). The lowest BCUT2D eigenvalue weighted by Gasteiger charge is -2.08. The van der Waals surface area contributed by atoms with Crippen LogP contribution in [0.25, 0.3) is 0 Å². The second-order valence-electron chi connectivity index (χ2n) is 4.99. The highest BCUT2D eigenvalue weighted by Gasteiger charge is 2.36. The van der Waals surface area contributed by atoms with E-state index in [0.29, 0.717) is 12.5 Å². The van der Waals surface area contributed by atoms with E-state index in [-0.39, 0.29) is 42.0 Å². The molecule has 3 N–H and O–H groups in total. The Morgan fingerprint density at radius 3 is 2.62 bits per heavy atom. The van der Waals surface area contributed by atoms with E-state index in [0.717, 1.165) is 11.1 Å². The van der Waals surface area contributed by atoms with Gasteiger partial charge in [0, 0.05) is 25.4 Å². The molecular weight excluding hydrogens is 398 g/mol. The first-order valence-corrected chi connectivity index (χ1v) is 6.33. The highest BCUT2D eigenvalue weighted by Crippen LogP contribution is 2.30. The topological polar surface area (TPSA) is 68.2 Å². The minimum Gasteiger partial charge on any atom is -0.370 e. The predicted molar refractivity (Wildman–Crippen MR) is 86.4 cm³/mol. The number of hydrogen-bond donors (Lipinski definition) is 2. The fourth-order valence-electron chi connectivity index (χ4n) is 1.61. The number of nitrogens with zero attached hydrogens (tertiary/aromatic N) is 3. The van der Waals surface area contributed by atoms with Gasteiger partial charge in [-0.2, -0.15) is 18.3 Å². The standard InChI is InChI=1S/C12H20F3N5.HI/c1-8(2)4-5-17-11(16)18-6-9-7-20(3)19-10(9)12(13,14)15;/h7-8H,4-6H2,1-3H3,(H3,16,17,18);1H. The van der Waals surface area contributed by atoms with Crippen molar-refractivity contribution < 1.29 is 13.2 Å². The molecule has 21 heavy (non-hydrogen) atoms. The summed E-state index contributed by atoms with van der Waals surface area (Å²) in [6, 6.07) is 0. The summed E-state index contributed by atoms with van der Waals surface area (Å²) < 4.78 is 39.2. The van der Waals surface area contributed by atoms with Crippen molar-refractivity contribution in [2.45, 2.75) is 33.0 Å². The normalized spacial score (nSPS) is 12.4. The quantitative estimate of drug-likeness (QED) is 0.438. The van der Waals surface area contributed by atoms with Crippen LogP contribution in [0.2, 0.25) is 0 Å². The fraction of sp³-hybridized carbons (Fsp3) is 0.667. The Hall–Kier alpha value is -1.00. The van der Waals surface area contributed by atoms with Crippen molar-refractivity contribution in [3.05, 3.63) is 17.5 Å². The summed E-state index contributed by atoms with van der Waals surface area (Å²) >= 11 is 0. The first-order valence-electron chi connectivity index (χ1n) is 6.33. The second kappa shape index (κ2) is 8.44. The van der Waals surface area contributed by atoms with Crippen LogP contribution in [-0.4, -0.2) is 22.3 Å². The van der Waals surface area contributed by atoms with Crippen molar-refractivity contribution in [3.8, 4) is 0 Å². The monoisotopic (exact) mass is 419 g/mol. The van der Waals surface area contributed by atoms with Crippen molar-refractivity contribution in [2.24, 2.45) is 23.7 Å². The SMILES string of the molecule is CC(C)CCNC(N)=NCc1cn(C)nc1C(F)(F)F.I. The minimum atomic E-state index is -4.48. The zero-order chi connectivity index (χ0) is 15.3. The fourth-order valence-corrected chi connectivity index (χ4v) is 1.61. The molecule has 0 unspecified atom stereocenters. The number of hydrogen-bond acceptors (Lipinski definition) is 2. The van der Waals surface area contributed by atoms with E-state index in [9.17, 15) is 13.2 Å². The molecule has 5 nitrogen and oxygen atoms in total. The molecule has 9 heteroatoms. The van der Waals surface area contributed by atoms with Crippen LogP contribution in [0.4, 0.5) is 13.2 Å². The Labute approximate surface area is 139 Å². The van der Waals surface area contributed by atoms with Gasteiger partial charge in [-0.25, -0.2) is 4.99 Å². The zero-order valence-corrected chi connectivity index (χ0v) is 14.6. The molecule has 0 saturated carbocycles. The van der Waals surface area contributed by atoms with Crippen LogP contribution in [0.3, 0.4) is 0 Å². The van der Waals surface area contributed by atoms with Gasteiger partial charge >= 0.3 is 6.18 Å². The average Bonchev–Trinajstić information content (AvgIpc) is 2.67. The molecule has 0 amide bonds. The highest BCUT2D eigenvalue weighted by atomic mass is 127. The summed E-state index contributed by atoms with van der Waals surface area (Å²) in [6.45, 7) is 4.63. The Morgan fingerprint density at radius 2 is 2.10 bits per heavy atom. The number of rotatable bonds is 5. The van der Waals surface area contributed by atoms with Gasteiger partial charge in [0.15, 0.2) is 11.7 Å². The number of aliphatic imine (C=N–C) groups is 1. The zero-order valence-electron chi connectivity index (χ0n) is 12.2. The summed E-state index contributed by atoms with van der Waals surface area (Å²) in [5.41, 5.74) is 4.69. The molecule has 122 valence electrons. The van der Waals surface area contributed by atoms with Gasteiger partial charge in [0.2, 0.25) is 0 Å². The lowest BCUT2D eigenvalue weighted by Crippen LogP contribution is -2.32. The average molecular weight is 419 g/mol. The molecular formula is C12H21F3IN5. The molecule has 0 saturated heterocycles. The Kier molecular flexibility index (Phi) is 8.04. The molecule has 0 aromatic carbocycles. The molecule has 0 aliphatic rings. The first-order chi connectivity index (χ1) is 9.20. The van der Waals surface area contributed by atoms with Gasteiger partial charge in [-0.3, -0.25) is 4.68 Å². The van der Waals surface area contributed by atoms with E-state index in [1.165, 1.54) is 13.2 Å². The van der Waals surface area contributed by atoms with Crippen LogP contribution in [0.1, 0.15) is 31.5 Å². The first kappa shape index (κ1) is 20.0. The molecule has 0 spiro atoms. The number of alkyl halides is 3. The lowest BCUT2D eigenvalue weighted by atomic mass is 10.1. The van der Waals surface area contributed by atoms with Gasteiger partial charge < -0.3 is 11.1 Å². The maximum atomic E-state index is 12.7. The molecule has 0 fully saturated rings. The van der Waals surface area contributed by atoms with E-state index < -0.39 is 11.9 Å². The van der Waals surface area contributed by atoms with Gasteiger partial charge in [0.1, 0.15) is 0 Å². The number of nitrogens with two attached hydrogens (primary N) is 1. The molecule has 1 aromatic rings. The van der Waals surface area contributed by atoms with Gasteiger partial charge in [-0.1, -0.05) is 13.8 Å². The number of aromatic nitrogens is 2. The Bertz CT molecular complexity index is 468. The summed E-state index contributed by atoms with van der Waals surface area (Å²) in [5, 5.41) is 6.27. The number of guanidine groups is 1. The van der Waals surface area contributed by atoms with E-state index >= 15 is 0 Å². The third-order valence-electron chi connectivity index (χ3n) is 2.62. The van der Waals surface area contributed by atoms with Crippen LogP contribution in [-0.2, 0) is 19.8 Å². The van der Waals surface area contributed by atoms with Crippen LogP contribution < -0.4 is 11.1 Å². The largest absolute Gasteiger partial charge is 0.435 e. The molecule has 0 aliphatic carbocycles. The summed E-state index contributed by atoms with van der Waals surface area (Å²) in [4.78, 5) is 3.91. The van der Waals surface area contributed by atoms with E-state index in [2.05, 4.69) is 29.3 Å². The van der Waals surface area contributed by atoms with Crippen molar-refractivity contribution >= 4 is 29.9 Å². The highest BCUT2D eigenvalue weighted by molar-refractivity contribution is 14.0. The molecule has 0 atom stereocenters. The van der Waals surface area contributed by atoms with Gasteiger partial charge in [0.25, 0.3) is 0 Å². The third kappa shape index (κ3) is 7.00. The van der Waals surface area contributed by atoms with E-state index in [1.807, 2.05) is 0 Å². The van der Waals surface area contributed by atoms with Crippen molar-refractivity contribution in [3.63, 3.8) is 0 Å². The van der Waals surface area contributed by atoms with E-state index in [1.54, 1.807) is 0 Å². The van der Waals surface area contributed by atoms with Crippen molar-refractivity contribution in [1.29, 1.82) is 0 Å². The van der Waals surface area contributed by atoms with Gasteiger partial charge in [-0.15, -0.1) is 24.0 Å². The molecule has 0 aliphatic heterocycles. The van der Waals surface area contributed by atoms with Gasteiger partial charge in [-0.05, 0) is 12.3 Å². The van der Waals surface area contributed by atoms with E-state index in [4.69, 9.17) is 5.73 Å². The maximum absolute atomic E-state index is 12.7. The van der Waals surface area contributed by atoms with Crippen LogP contribution >= 0.6 is 24.0 Å². The van der Waals surface area contributed by atoms with Crippen LogP contribution in [0.15, 0.2) is 11.2 Å². The Morgan fingerprint density at radius 1 is 1.48 bits per heavy atom. The Balaban J connectivity index is 0.00000400. The molecule has 1 heterocycles. The lowest BCUT2D eigenvalue weighted by molar-refractivity contribution is -0.142. The molecule has 0 bridgehead atoms. The number of halogens is 4. The molecule has 1 aromatic heterocycles. The van der Waals surface area contributed by atoms with Crippen molar-refractivity contribution in [1.82, 2.24) is 15.1 Å². The number of aryl methyl sites for hydroxylation is 1. The number of nitrogens with one attached hydrogen (secondary N) is 1. The summed E-state index contributed by atoms with van der Waals surface area (Å²) in [5.74, 6) is 0.660. The second-order valence-corrected chi connectivity index (χ2v) is 4.99. The van der Waals surface area contributed by atoms with Crippen molar-refractivity contribution in [2.75, 3.05) is 6.54 Å². The smallest absolute Gasteiger partial charge is 0.370 e. The summed E-state index contributed by atoms with van der Waals surface area (Å²) in [7, 11) is 1.44. The minimum absolute atomic E-state index is 0. The van der Waals surface area contributed by atoms with Crippen LogP contribution in [0.5, 0.6) is 0 Å². The predicted octanol–water partition coefficient (Wildman–Crippen LogP) is 2.51. The van der Waals surface area contributed by atoms with Crippen LogP contribution in [0, 0.1) is 5.92 Å². The molecule has 0 radical (unpaired) electrons. The maximum Gasteiger partial charge on any atom is 0.435 e. The summed E-state index contributed by atoms with van der Waals surface area (Å²) in [6.07, 6.45) is -2.27. The third-order valence-corrected chi connectivity index (χ3v) is 2.62. The van der Waals surface area contributed by atoms with Gasteiger partial charge in [0.05, 0.1) is 6.54 Å².